The van der Waals surface area contributed by atoms with Gasteiger partial charge >= 0.3 is 6.18 Å². The van der Waals surface area contributed by atoms with Crippen LogP contribution in [-0.4, -0.2) is 32.9 Å². The summed E-state index contributed by atoms with van der Waals surface area (Å²) in [5, 5.41) is 3.81. The first-order valence-corrected chi connectivity index (χ1v) is 7.52. The molecule has 0 spiro atoms. The normalized spacial score (nSPS) is 14.1. The molecule has 0 aliphatic carbocycles. The molecule has 1 rings (SSSR count). The Morgan fingerprint density at radius 1 is 1.36 bits per heavy atom. The van der Waals surface area contributed by atoms with Gasteiger partial charge in [0, 0.05) is 0 Å². The average Bonchev–Trinajstić information content (AvgIpc) is 2.35. The van der Waals surface area contributed by atoms with Gasteiger partial charge in [-0.05, 0) is 39.8 Å². The number of alkyl halides is 3. The van der Waals surface area contributed by atoms with Crippen molar-refractivity contribution in [3.05, 3.63) is 23.5 Å². The van der Waals surface area contributed by atoms with Crippen molar-refractivity contribution in [3.8, 4) is 5.75 Å². The number of ether oxygens (including phenoxy) is 1. The Morgan fingerprint density at radius 3 is 2.50 bits per heavy atom. The minimum Gasteiger partial charge on any atom is -0.482 e. The summed E-state index contributed by atoms with van der Waals surface area (Å²) in [5.74, 6) is 0.0562. The van der Waals surface area contributed by atoms with Crippen LogP contribution in [0.5, 0.6) is 5.75 Å². The van der Waals surface area contributed by atoms with Gasteiger partial charge in [0.2, 0.25) is 0 Å². The summed E-state index contributed by atoms with van der Waals surface area (Å²) in [6, 6.07) is 2.85. The zero-order chi connectivity index (χ0) is 17.0. The molecule has 0 bridgehead atoms. The van der Waals surface area contributed by atoms with Crippen LogP contribution < -0.4 is 9.57 Å². The average molecular weight is 337 g/mol. The predicted octanol–water partition coefficient (Wildman–Crippen LogP) is 2.72. The lowest BCUT2D eigenvalue weighted by atomic mass is 10.3. The van der Waals surface area contributed by atoms with Gasteiger partial charge < -0.3 is 4.74 Å². The Morgan fingerprint density at radius 2 is 2.00 bits per heavy atom. The number of nitrogens with one attached hydrogen (secondary N) is 1. The zero-order valence-corrected chi connectivity index (χ0v) is 13.5. The molecular weight excluding hydrogens is 319 g/mol. The molecule has 0 fully saturated rings. The summed E-state index contributed by atoms with van der Waals surface area (Å²) in [7, 11) is -1.36. The van der Waals surface area contributed by atoms with Crippen molar-refractivity contribution in [2.45, 2.75) is 38.6 Å². The largest absolute Gasteiger partial charge is 0.482 e. The predicted molar refractivity (Wildman–Crippen MR) is 79.1 cm³/mol. The molecule has 1 atom stereocenters. The Balaban J connectivity index is 2.68. The van der Waals surface area contributed by atoms with E-state index in [9.17, 15) is 17.4 Å². The Bertz CT molecular complexity index is 569. The first-order valence-electron chi connectivity index (χ1n) is 6.37. The monoisotopic (exact) mass is 337 g/mol. The molecule has 5 nitrogen and oxygen atoms in total. The maximum Gasteiger partial charge on any atom is 0.422 e. The highest BCUT2D eigenvalue weighted by molar-refractivity contribution is 7.84. The Kier molecular flexibility index (Phi) is 5.92. The highest BCUT2D eigenvalue weighted by atomic mass is 32.2. The fraction of sp³-hybridized carbons (Fsp3) is 0.538. The summed E-state index contributed by atoms with van der Waals surface area (Å²) in [6.07, 6.45) is -3.06. The van der Waals surface area contributed by atoms with Crippen LogP contribution in [0, 0.1) is 6.92 Å². The standard InChI is InChI=1S/C13H18F3N3O2S/c1-9-11(21-8-13(14,15)16)6-5-10(18-9)7-17-19-22(20)12(2,3)4/h5-7,19H,8H2,1-4H3/b17-7+/t22-/m1/s1. The van der Waals surface area contributed by atoms with Crippen molar-refractivity contribution in [3.63, 3.8) is 0 Å². The third kappa shape index (κ3) is 6.42. The molecule has 1 aromatic heterocycles. The lowest BCUT2D eigenvalue weighted by Crippen LogP contribution is -2.30. The van der Waals surface area contributed by atoms with E-state index in [1.807, 2.05) is 0 Å². The van der Waals surface area contributed by atoms with Crippen molar-refractivity contribution in [1.82, 2.24) is 9.82 Å². The van der Waals surface area contributed by atoms with Crippen LogP contribution in [0.2, 0.25) is 0 Å². The van der Waals surface area contributed by atoms with Gasteiger partial charge in [-0.3, -0.25) is 0 Å². The van der Waals surface area contributed by atoms with Crippen molar-refractivity contribution < 1.29 is 22.1 Å². The van der Waals surface area contributed by atoms with Gasteiger partial charge in [0.25, 0.3) is 0 Å². The molecule has 0 unspecified atom stereocenters. The second-order valence-corrected chi connectivity index (χ2v) is 7.40. The van der Waals surface area contributed by atoms with E-state index in [0.29, 0.717) is 11.4 Å². The number of pyridine rings is 1. The van der Waals surface area contributed by atoms with Crippen molar-refractivity contribution >= 4 is 17.2 Å². The molecule has 0 saturated carbocycles. The van der Waals surface area contributed by atoms with Crippen LogP contribution >= 0.6 is 0 Å². The fourth-order valence-corrected chi connectivity index (χ4v) is 1.65. The number of rotatable bonds is 5. The van der Waals surface area contributed by atoms with E-state index in [1.54, 1.807) is 20.8 Å². The molecule has 22 heavy (non-hydrogen) atoms. The van der Waals surface area contributed by atoms with Gasteiger partial charge in [-0.15, -0.1) is 0 Å². The summed E-state index contributed by atoms with van der Waals surface area (Å²) in [4.78, 5) is 6.52. The highest BCUT2D eigenvalue weighted by Gasteiger charge is 2.28. The topological polar surface area (TPSA) is 63.6 Å². The van der Waals surface area contributed by atoms with Crippen molar-refractivity contribution in [1.29, 1.82) is 0 Å². The third-order valence-electron chi connectivity index (χ3n) is 2.34. The maximum atomic E-state index is 12.1. The lowest BCUT2D eigenvalue weighted by Gasteiger charge is -2.15. The number of aromatic nitrogens is 1. The molecule has 0 aromatic carbocycles. The van der Waals surface area contributed by atoms with Crippen LogP contribution in [0.15, 0.2) is 17.2 Å². The molecule has 1 heterocycles. The number of hydrogen-bond acceptors (Lipinski definition) is 4. The highest BCUT2D eigenvalue weighted by Crippen LogP contribution is 2.20. The molecule has 124 valence electrons. The Hall–Kier alpha value is -1.64. The molecule has 0 saturated heterocycles. The second kappa shape index (κ2) is 7.08. The molecule has 0 amide bonds. The molecule has 1 N–H and O–H groups in total. The number of aryl methyl sites for hydroxylation is 1. The molecule has 9 heteroatoms. The van der Waals surface area contributed by atoms with E-state index >= 15 is 0 Å². The zero-order valence-electron chi connectivity index (χ0n) is 12.7. The smallest absolute Gasteiger partial charge is 0.422 e. The first-order chi connectivity index (χ1) is 9.99. The minimum absolute atomic E-state index is 0.0562. The van der Waals surface area contributed by atoms with Gasteiger partial charge in [0.1, 0.15) is 16.7 Å². The quantitative estimate of drug-likeness (QED) is 0.664. The number of hydrogen-bond donors (Lipinski definition) is 1. The molecule has 0 aliphatic rings. The van der Waals surface area contributed by atoms with Crippen LogP contribution in [0.4, 0.5) is 13.2 Å². The maximum absolute atomic E-state index is 12.1. The van der Waals surface area contributed by atoms with Gasteiger partial charge in [-0.2, -0.15) is 18.3 Å². The number of hydrazone groups is 1. The van der Waals surface area contributed by atoms with Crippen LogP contribution in [0.25, 0.3) is 0 Å². The second-order valence-electron chi connectivity index (χ2n) is 5.45. The van der Waals surface area contributed by atoms with E-state index in [-0.39, 0.29) is 5.75 Å². The molecular formula is C13H18F3N3O2S. The van der Waals surface area contributed by atoms with E-state index in [1.165, 1.54) is 25.3 Å². The summed E-state index contributed by atoms with van der Waals surface area (Å²) >= 11 is 0. The molecule has 1 aromatic rings. The van der Waals surface area contributed by atoms with Gasteiger partial charge in [-0.25, -0.2) is 14.0 Å². The Labute approximate surface area is 129 Å². The third-order valence-corrected chi connectivity index (χ3v) is 3.72. The van der Waals surface area contributed by atoms with Crippen LogP contribution in [-0.2, 0) is 11.0 Å². The first kappa shape index (κ1) is 18.4. The summed E-state index contributed by atoms with van der Waals surface area (Å²) in [5.41, 5.74) is 0.723. The van der Waals surface area contributed by atoms with E-state index in [2.05, 4.69) is 19.7 Å². The minimum atomic E-state index is -4.40. The number of halogens is 3. The number of nitrogens with zero attached hydrogens (tertiary/aromatic N) is 2. The fourth-order valence-electron chi connectivity index (χ4n) is 1.23. The van der Waals surface area contributed by atoms with E-state index < -0.39 is 28.5 Å². The van der Waals surface area contributed by atoms with E-state index in [0.717, 1.165) is 0 Å². The van der Waals surface area contributed by atoms with Crippen LogP contribution in [0.1, 0.15) is 32.2 Å². The van der Waals surface area contributed by atoms with Crippen molar-refractivity contribution in [2.24, 2.45) is 5.10 Å². The molecule has 0 radical (unpaired) electrons. The summed E-state index contributed by atoms with van der Waals surface area (Å²) < 4.78 is 52.1. The van der Waals surface area contributed by atoms with E-state index in [4.69, 9.17) is 0 Å². The van der Waals surface area contributed by atoms with Gasteiger partial charge in [-0.1, -0.05) is 0 Å². The lowest BCUT2D eigenvalue weighted by molar-refractivity contribution is -0.153. The SMILES string of the molecule is Cc1nc(/C=N/N[S@](=O)C(C)(C)C)ccc1OCC(F)(F)F. The van der Waals surface area contributed by atoms with Crippen LogP contribution in [0.3, 0.4) is 0 Å². The van der Waals surface area contributed by atoms with Crippen molar-refractivity contribution in [2.75, 3.05) is 6.61 Å². The van der Waals surface area contributed by atoms with Gasteiger partial charge in [0.15, 0.2) is 6.61 Å². The summed E-state index contributed by atoms with van der Waals surface area (Å²) in [6.45, 7) is 5.54. The van der Waals surface area contributed by atoms with Gasteiger partial charge in [0.05, 0.1) is 22.3 Å². The molecule has 0 aliphatic heterocycles.